The Morgan fingerprint density at radius 1 is 1.53 bits per heavy atom. The molecule has 0 aliphatic carbocycles. The number of nitrogens with one attached hydrogen (secondary N) is 1. The van der Waals surface area contributed by atoms with Gasteiger partial charge in [-0.1, -0.05) is 15.9 Å². The number of likely N-dealkylation sites (N-methyl/N-ethyl adjacent to an activating group) is 1. The molecular weight excluding hydrogens is 312 g/mol. The number of carbonyl (C=O) groups excluding carboxylic acids is 2. The Labute approximate surface area is 121 Å². The van der Waals surface area contributed by atoms with Gasteiger partial charge in [0.05, 0.1) is 12.1 Å². The van der Waals surface area contributed by atoms with Crippen molar-refractivity contribution >= 4 is 28.2 Å². The summed E-state index contributed by atoms with van der Waals surface area (Å²) >= 11 is 3.29. The van der Waals surface area contributed by atoms with E-state index in [2.05, 4.69) is 21.2 Å². The number of carbonyl (C=O) groups is 2. The van der Waals surface area contributed by atoms with Crippen LogP contribution in [0.3, 0.4) is 0 Å². The lowest BCUT2D eigenvalue weighted by molar-refractivity contribution is 0.111. The third-order valence-electron chi connectivity index (χ3n) is 2.46. The van der Waals surface area contributed by atoms with Crippen LogP contribution in [-0.2, 0) is 0 Å². The molecule has 1 N–H and O–H groups in total. The third kappa shape index (κ3) is 4.90. The number of benzene rings is 1. The lowest BCUT2D eigenvalue weighted by Gasteiger charge is -2.18. The molecule has 1 aromatic carbocycles. The molecule has 104 valence electrons. The van der Waals surface area contributed by atoms with E-state index in [-0.39, 0.29) is 6.03 Å². The van der Waals surface area contributed by atoms with Crippen LogP contribution in [0.1, 0.15) is 17.3 Å². The average Bonchev–Trinajstić information content (AvgIpc) is 2.40. The van der Waals surface area contributed by atoms with E-state index in [0.717, 1.165) is 10.8 Å². The molecule has 0 aliphatic rings. The highest BCUT2D eigenvalue weighted by Gasteiger charge is 2.08. The topological polar surface area (TPSA) is 58.6 Å². The van der Waals surface area contributed by atoms with E-state index < -0.39 is 0 Å². The second kappa shape index (κ2) is 7.78. The number of amides is 2. The molecule has 2 amide bonds. The average molecular weight is 329 g/mol. The maximum atomic E-state index is 11.5. The van der Waals surface area contributed by atoms with Gasteiger partial charge in [0.15, 0.2) is 6.29 Å². The summed E-state index contributed by atoms with van der Waals surface area (Å²) in [6.07, 6.45) is 0.744. The van der Waals surface area contributed by atoms with Gasteiger partial charge in [-0.3, -0.25) is 4.79 Å². The van der Waals surface area contributed by atoms with E-state index in [1.807, 2.05) is 6.92 Å². The summed E-state index contributed by atoms with van der Waals surface area (Å²) in [4.78, 5) is 23.9. The summed E-state index contributed by atoms with van der Waals surface area (Å²) in [7, 11) is 1.69. The Morgan fingerprint density at radius 3 is 2.89 bits per heavy atom. The van der Waals surface area contributed by atoms with E-state index in [1.165, 1.54) is 4.90 Å². The number of urea groups is 1. The van der Waals surface area contributed by atoms with Gasteiger partial charge >= 0.3 is 6.03 Å². The molecule has 1 aromatic rings. The second-order valence-corrected chi connectivity index (χ2v) is 4.82. The number of rotatable bonds is 6. The Morgan fingerprint density at radius 2 is 2.26 bits per heavy atom. The van der Waals surface area contributed by atoms with Crippen molar-refractivity contribution in [2.24, 2.45) is 0 Å². The zero-order chi connectivity index (χ0) is 14.3. The molecule has 0 spiro atoms. The van der Waals surface area contributed by atoms with Crippen molar-refractivity contribution in [3.63, 3.8) is 0 Å². The van der Waals surface area contributed by atoms with Crippen LogP contribution in [0.15, 0.2) is 22.7 Å². The molecule has 0 bridgehead atoms. The predicted molar refractivity (Wildman–Crippen MR) is 76.7 cm³/mol. The number of hydrogen-bond acceptors (Lipinski definition) is 3. The van der Waals surface area contributed by atoms with Crippen LogP contribution in [0, 0.1) is 0 Å². The highest BCUT2D eigenvalue weighted by molar-refractivity contribution is 9.10. The Kier molecular flexibility index (Phi) is 6.35. The van der Waals surface area contributed by atoms with Gasteiger partial charge in [0.25, 0.3) is 0 Å². The normalized spacial score (nSPS) is 9.84. The van der Waals surface area contributed by atoms with E-state index in [9.17, 15) is 9.59 Å². The van der Waals surface area contributed by atoms with Gasteiger partial charge in [-0.05, 0) is 25.1 Å². The van der Waals surface area contributed by atoms with Crippen molar-refractivity contribution in [1.29, 1.82) is 0 Å². The monoisotopic (exact) mass is 328 g/mol. The highest BCUT2D eigenvalue weighted by atomic mass is 79.9. The zero-order valence-corrected chi connectivity index (χ0v) is 12.6. The molecule has 0 aromatic heterocycles. The van der Waals surface area contributed by atoms with Gasteiger partial charge < -0.3 is 15.0 Å². The minimum absolute atomic E-state index is 0.141. The Bertz CT molecular complexity index is 452. The van der Waals surface area contributed by atoms with Crippen LogP contribution < -0.4 is 10.1 Å². The molecule has 0 fully saturated rings. The van der Waals surface area contributed by atoms with Crippen LogP contribution in [0.2, 0.25) is 0 Å². The molecule has 19 heavy (non-hydrogen) atoms. The first-order valence-corrected chi connectivity index (χ1v) is 6.74. The minimum atomic E-state index is -0.141. The van der Waals surface area contributed by atoms with Gasteiger partial charge in [0, 0.05) is 18.1 Å². The van der Waals surface area contributed by atoms with Gasteiger partial charge in [-0.25, -0.2) is 4.79 Å². The van der Waals surface area contributed by atoms with Crippen molar-refractivity contribution in [2.75, 3.05) is 26.7 Å². The molecule has 6 heteroatoms. The first-order chi connectivity index (χ1) is 9.08. The van der Waals surface area contributed by atoms with E-state index in [0.29, 0.717) is 31.0 Å². The highest BCUT2D eigenvalue weighted by Crippen LogP contribution is 2.21. The molecule has 0 atom stereocenters. The summed E-state index contributed by atoms with van der Waals surface area (Å²) in [5, 5.41) is 2.69. The van der Waals surface area contributed by atoms with Crippen LogP contribution >= 0.6 is 15.9 Å². The van der Waals surface area contributed by atoms with Crippen molar-refractivity contribution < 1.29 is 14.3 Å². The molecule has 0 unspecified atom stereocenters. The summed E-state index contributed by atoms with van der Waals surface area (Å²) in [6.45, 7) is 3.22. The fourth-order valence-electron chi connectivity index (χ4n) is 1.42. The van der Waals surface area contributed by atoms with E-state index in [4.69, 9.17) is 4.74 Å². The first-order valence-electron chi connectivity index (χ1n) is 5.95. The molecule has 0 saturated heterocycles. The number of aldehydes is 1. The zero-order valence-electron chi connectivity index (χ0n) is 11.0. The van der Waals surface area contributed by atoms with Crippen molar-refractivity contribution in [3.05, 3.63) is 28.2 Å². The van der Waals surface area contributed by atoms with Gasteiger partial charge in [-0.15, -0.1) is 0 Å². The van der Waals surface area contributed by atoms with Crippen LogP contribution in [0.4, 0.5) is 4.79 Å². The van der Waals surface area contributed by atoms with Gasteiger partial charge in [-0.2, -0.15) is 0 Å². The molecular formula is C13H17BrN2O3. The first kappa shape index (κ1) is 15.5. The maximum absolute atomic E-state index is 11.5. The number of ether oxygens (including phenoxy) is 1. The maximum Gasteiger partial charge on any atom is 0.317 e. The van der Waals surface area contributed by atoms with Crippen molar-refractivity contribution in [2.45, 2.75) is 6.92 Å². The standard InChI is InChI=1S/C13H17BrN2O3/c1-3-15-13(18)16(2)6-7-19-12-5-4-11(14)8-10(12)9-17/h4-5,8-9H,3,6-7H2,1-2H3,(H,15,18). The largest absolute Gasteiger partial charge is 0.491 e. The van der Waals surface area contributed by atoms with E-state index >= 15 is 0 Å². The Balaban J connectivity index is 2.49. The lowest BCUT2D eigenvalue weighted by Crippen LogP contribution is -2.39. The molecule has 0 saturated carbocycles. The summed E-state index contributed by atoms with van der Waals surface area (Å²) in [6, 6.07) is 5.07. The quantitative estimate of drug-likeness (QED) is 0.815. The molecule has 0 aliphatic heterocycles. The molecule has 0 heterocycles. The van der Waals surface area contributed by atoms with Crippen LogP contribution in [0.25, 0.3) is 0 Å². The van der Waals surface area contributed by atoms with Crippen LogP contribution in [0.5, 0.6) is 5.75 Å². The lowest BCUT2D eigenvalue weighted by atomic mass is 10.2. The predicted octanol–water partition coefficient (Wildman–Crippen LogP) is 2.30. The molecule has 1 rings (SSSR count). The smallest absolute Gasteiger partial charge is 0.317 e. The van der Waals surface area contributed by atoms with Crippen molar-refractivity contribution in [1.82, 2.24) is 10.2 Å². The summed E-state index contributed by atoms with van der Waals surface area (Å²) < 4.78 is 6.33. The fourth-order valence-corrected chi connectivity index (χ4v) is 1.80. The van der Waals surface area contributed by atoms with E-state index in [1.54, 1.807) is 25.2 Å². The number of hydrogen-bond donors (Lipinski definition) is 1. The van der Waals surface area contributed by atoms with Crippen LogP contribution in [-0.4, -0.2) is 44.0 Å². The fraction of sp³-hybridized carbons (Fsp3) is 0.385. The number of nitrogens with zero attached hydrogens (tertiary/aromatic N) is 1. The van der Waals surface area contributed by atoms with Gasteiger partial charge in [0.1, 0.15) is 12.4 Å². The Hall–Kier alpha value is -1.56. The second-order valence-electron chi connectivity index (χ2n) is 3.91. The summed E-state index contributed by atoms with van der Waals surface area (Å²) in [5.74, 6) is 0.516. The molecule has 5 nitrogen and oxygen atoms in total. The summed E-state index contributed by atoms with van der Waals surface area (Å²) in [5.41, 5.74) is 0.482. The third-order valence-corrected chi connectivity index (χ3v) is 2.95. The SMILES string of the molecule is CCNC(=O)N(C)CCOc1ccc(Br)cc1C=O. The number of halogens is 1. The van der Waals surface area contributed by atoms with Crippen molar-refractivity contribution in [3.8, 4) is 5.75 Å². The minimum Gasteiger partial charge on any atom is -0.491 e. The van der Waals surface area contributed by atoms with Gasteiger partial charge in [0.2, 0.25) is 0 Å². The molecule has 0 radical (unpaired) electrons.